The van der Waals surface area contributed by atoms with Crippen molar-refractivity contribution < 1.29 is 0 Å². The van der Waals surface area contributed by atoms with Gasteiger partial charge in [-0.05, 0) is 31.6 Å². The lowest BCUT2D eigenvalue weighted by Crippen LogP contribution is -2.22. The third-order valence-corrected chi connectivity index (χ3v) is 3.74. The molecule has 1 saturated carbocycles. The quantitative estimate of drug-likeness (QED) is 0.676. The minimum atomic E-state index is 0.104. The summed E-state index contributed by atoms with van der Waals surface area (Å²) in [5.74, 6) is 2.51. The van der Waals surface area contributed by atoms with Gasteiger partial charge in [0, 0.05) is 11.5 Å². The number of aromatic nitrogens is 2. The fraction of sp³-hybridized carbons (Fsp3) is 0.636. The normalized spacial score (nSPS) is 33.4. The van der Waals surface area contributed by atoms with Gasteiger partial charge in [-0.1, -0.05) is 6.92 Å². The summed E-state index contributed by atoms with van der Waals surface area (Å²) >= 11 is 0. The van der Waals surface area contributed by atoms with E-state index in [9.17, 15) is 4.79 Å². The maximum absolute atomic E-state index is 11.7. The molecule has 2 aliphatic carbocycles. The van der Waals surface area contributed by atoms with Crippen LogP contribution in [0.15, 0.2) is 4.79 Å². The van der Waals surface area contributed by atoms with Crippen molar-refractivity contribution in [2.45, 2.75) is 38.5 Å². The zero-order valence-corrected chi connectivity index (χ0v) is 8.50. The van der Waals surface area contributed by atoms with Crippen LogP contribution in [0.1, 0.15) is 48.7 Å². The maximum atomic E-state index is 11.7. The number of fused-ring (bicyclic) bond motifs is 5. The second-order valence-corrected chi connectivity index (χ2v) is 4.70. The summed E-state index contributed by atoms with van der Waals surface area (Å²) in [4.78, 5) is 19.0. The van der Waals surface area contributed by atoms with Gasteiger partial charge in [-0.3, -0.25) is 4.79 Å². The highest BCUT2D eigenvalue weighted by molar-refractivity contribution is 5.35. The van der Waals surface area contributed by atoms with Crippen LogP contribution in [0.2, 0.25) is 0 Å². The summed E-state index contributed by atoms with van der Waals surface area (Å²) in [5.41, 5.74) is 2.18. The zero-order chi connectivity index (χ0) is 9.87. The lowest BCUT2D eigenvalue weighted by Gasteiger charge is -2.19. The Morgan fingerprint density at radius 1 is 1.43 bits per heavy atom. The maximum Gasteiger partial charge on any atom is 0.254 e. The molecule has 3 unspecified atom stereocenters. The first-order valence-corrected chi connectivity index (χ1v) is 5.27. The number of hydrogen-bond donors (Lipinski definition) is 1. The first kappa shape index (κ1) is 8.21. The second kappa shape index (κ2) is 2.47. The fourth-order valence-corrected chi connectivity index (χ4v) is 3.16. The van der Waals surface area contributed by atoms with Gasteiger partial charge in [0.2, 0.25) is 0 Å². The van der Waals surface area contributed by atoms with E-state index >= 15 is 0 Å². The number of nitrogens with one attached hydrogen (secondary N) is 1. The van der Waals surface area contributed by atoms with Gasteiger partial charge in [0.1, 0.15) is 5.82 Å². The van der Waals surface area contributed by atoms with E-state index in [1.165, 1.54) is 6.42 Å². The predicted molar refractivity (Wildman–Crippen MR) is 53.5 cm³/mol. The highest BCUT2D eigenvalue weighted by Crippen LogP contribution is 2.53. The number of aryl methyl sites for hydroxylation is 1. The summed E-state index contributed by atoms with van der Waals surface area (Å²) in [6.45, 7) is 4.13. The Balaban J connectivity index is 2.27. The highest BCUT2D eigenvalue weighted by atomic mass is 16.1. The monoisotopic (exact) mass is 190 g/mol. The molecule has 0 spiro atoms. The number of hydrogen-bond acceptors (Lipinski definition) is 2. The third-order valence-electron chi connectivity index (χ3n) is 3.74. The Bertz CT molecular complexity index is 449. The van der Waals surface area contributed by atoms with Crippen molar-refractivity contribution in [3.05, 3.63) is 27.4 Å². The minimum absolute atomic E-state index is 0.104. The molecule has 74 valence electrons. The van der Waals surface area contributed by atoms with Crippen LogP contribution in [0.4, 0.5) is 0 Å². The molecule has 14 heavy (non-hydrogen) atoms. The molecule has 1 aromatic heterocycles. The van der Waals surface area contributed by atoms with E-state index in [4.69, 9.17) is 0 Å². The number of rotatable bonds is 0. The van der Waals surface area contributed by atoms with Crippen molar-refractivity contribution in [2.24, 2.45) is 5.92 Å². The summed E-state index contributed by atoms with van der Waals surface area (Å²) in [5, 5.41) is 0. The highest BCUT2D eigenvalue weighted by Gasteiger charge is 2.44. The number of aromatic amines is 1. The summed E-state index contributed by atoms with van der Waals surface area (Å²) in [7, 11) is 0. The van der Waals surface area contributed by atoms with Gasteiger partial charge >= 0.3 is 0 Å². The van der Waals surface area contributed by atoms with Crippen molar-refractivity contribution in [3.63, 3.8) is 0 Å². The number of H-pyrrole nitrogens is 1. The molecule has 2 aliphatic rings. The predicted octanol–water partition coefficient (Wildman–Crippen LogP) is 1.69. The Hall–Kier alpha value is -1.12. The minimum Gasteiger partial charge on any atom is -0.311 e. The van der Waals surface area contributed by atoms with E-state index < -0.39 is 0 Å². The van der Waals surface area contributed by atoms with Gasteiger partial charge in [-0.2, -0.15) is 0 Å². The van der Waals surface area contributed by atoms with Crippen molar-refractivity contribution >= 4 is 0 Å². The SMILES string of the molecule is Cc1nc2c(c(=O)[nH]1)C1CC(C)C2C1. The average Bonchev–Trinajstić information content (AvgIpc) is 2.59. The lowest BCUT2D eigenvalue weighted by atomic mass is 9.89. The van der Waals surface area contributed by atoms with Crippen LogP contribution in [-0.4, -0.2) is 9.97 Å². The van der Waals surface area contributed by atoms with Crippen molar-refractivity contribution in [1.82, 2.24) is 9.97 Å². The largest absolute Gasteiger partial charge is 0.311 e. The molecule has 3 nitrogen and oxygen atoms in total. The first-order valence-electron chi connectivity index (χ1n) is 5.27. The topological polar surface area (TPSA) is 45.8 Å². The standard InChI is InChI=1S/C11H14N2O/c1-5-3-7-4-8(5)10-9(7)11(14)13-6(2)12-10/h5,7-8H,3-4H2,1-2H3,(H,12,13,14). The van der Waals surface area contributed by atoms with Gasteiger partial charge in [0.05, 0.1) is 5.69 Å². The van der Waals surface area contributed by atoms with Crippen LogP contribution in [0.3, 0.4) is 0 Å². The van der Waals surface area contributed by atoms with Crippen LogP contribution in [0.5, 0.6) is 0 Å². The zero-order valence-electron chi connectivity index (χ0n) is 8.50. The molecule has 0 aliphatic heterocycles. The fourth-order valence-electron chi connectivity index (χ4n) is 3.16. The molecule has 3 atom stereocenters. The molecule has 3 heteroatoms. The molecule has 0 amide bonds. The van der Waals surface area contributed by atoms with Crippen molar-refractivity contribution in [1.29, 1.82) is 0 Å². The van der Waals surface area contributed by atoms with Crippen molar-refractivity contribution in [3.8, 4) is 0 Å². The van der Waals surface area contributed by atoms with Gasteiger partial charge in [0.25, 0.3) is 5.56 Å². The Morgan fingerprint density at radius 2 is 2.21 bits per heavy atom. The number of nitrogens with zero attached hydrogens (tertiary/aromatic N) is 1. The molecular weight excluding hydrogens is 176 g/mol. The van der Waals surface area contributed by atoms with Crippen LogP contribution in [-0.2, 0) is 0 Å². The van der Waals surface area contributed by atoms with E-state index in [1.807, 2.05) is 6.92 Å². The van der Waals surface area contributed by atoms with Gasteiger partial charge < -0.3 is 4.98 Å². The van der Waals surface area contributed by atoms with Gasteiger partial charge in [-0.15, -0.1) is 0 Å². The third kappa shape index (κ3) is 0.873. The van der Waals surface area contributed by atoms with Crippen LogP contribution < -0.4 is 5.56 Å². The van der Waals surface area contributed by atoms with Crippen LogP contribution in [0, 0.1) is 12.8 Å². The van der Waals surface area contributed by atoms with Gasteiger partial charge in [-0.25, -0.2) is 4.98 Å². The Kier molecular flexibility index (Phi) is 1.45. The van der Waals surface area contributed by atoms with E-state index in [-0.39, 0.29) is 5.56 Å². The molecule has 1 N–H and O–H groups in total. The molecule has 2 bridgehead atoms. The first-order chi connectivity index (χ1) is 6.66. The van der Waals surface area contributed by atoms with Crippen molar-refractivity contribution in [2.75, 3.05) is 0 Å². The molecular formula is C11H14N2O. The van der Waals surface area contributed by atoms with E-state index in [2.05, 4.69) is 16.9 Å². The lowest BCUT2D eigenvalue weighted by molar-refractivity contribution is 0.499. The van der Waals surface area contributed by atoms with E-state index in [0.29, 0.717) is 17.8 Å². The molecule has 0 radical (unpaired) electrons. The molecule has 1 fully saturated rings. The van der Waals surface area contributed by atoms with Crippen LogP contribution >= 0.6 is 0 Å². The smallest absolute Gasteiger partial charge is 0.254 e. The Morgan fingerprint density at radius 3 is 3.00 bits per heavy atom. The molecule has 0 saturated heterocycles. The molecule has 0 aromatic carbocycles. The summed E-state index contributed by atoms with van der Waals surface area (Å²) in [6.07, 6.45) is 2.32. The molecule has 1 aromatic rings. The van der Waals surface area contributed by atoms with Gasteiger partial charge in [0.15, 0.2) is 0 Å². The second-order valence-electron chi connectivity index (χ2n) is 4.70. The summed E-state index contributed by atoms with van der Waals surface area (Å²) < 4.78 is 0. The van der Waals surface area contributed by atoms with E-state index in [1.54, 1.807) is 0 Å². The molecule has 1 heterocycles. The molecule has 3 rings (SSSR count). The Labute approximate surface area is 82.6 Å². The van der Waals surface area contributed by atoms with E-state index in [0.717, 1.165) is 23.5 Å². The summed E-state index contributed by atoms with van der Waals surface area (Å²) in [6, 6.07) is 0. The average molecular weight is 190 g/mol. The van der Waals surface area contributed by atoms with Crippen LogP contribution in [0.25, 0.3) is 0 Å².